The molecule has 0 aliphatic carbocycles. The normalized spacial score (nSPS) is 11.8. The van der Waals surface area contributed by atoms with Crippen molar-refractivity contribution < 1.29 is 18.0 Å². The summed E-state index contributed by atoms with van der Waals surface area (Å²) < 4.78 is 42.3. The van der Waals surface area contributed by atoms with E-state index < -0.39 is 17.9 Å². The molecule has 2 aromatic heterocycles. The Labute approximate surface area is 184 Å². The second kappa shape index (κ2) is 7.90. The molecule has 4 aromatic rings. The smallest absolute Gasteiger partial charge is 0.348 e. The van der Waals surface area contributed by atoms with E-state index in [1.165, 1.54) is 36.7 Å². The zero-order valence-electron chi connectivity index (χ0n) is 15.9. The van der Waals surface area contributed by atoms with E-state index in [1.54, 1.807) is 13.0 Å². The van der Waals surface area contributed by atoms with Crippen molar-refractivity contribution in [3.63, 3.8) is 0 Å². The van der Waals surface area contributed by atoms with Gasteiger partial charge in [-0.1, -0.05) is 35.3 Å². The van der Waals surface area contributed by atoms with Gasteiger partial charge < -0.3 is 14.9 Å². The molecule has 2 heterocycles. The topological polar surface area (TPSA) is 75.6 Å². The van der Waals surface area contributed by atoms with Gasteiger partial charge >= 0.3 is 6.18 Å². The lowest BCUT2D eigenvalue weighted by Gasteiger charge is -2.11. The summed E-state index contributed by atoms with van der Waals surface area (Å²) in [7, 11) is 0. The Morgan fingerprint density at radius 2 is 1.84 bits per heavy atom. The van der Waals surface area contributed by atoms with E-state index in [4.69, 9.17) is 23.2 Å². The average molecular weight is 468 g/mol. The van der Waals surface area contributed by atoms with Crippen molar-refractivity contribution in [2.75, 3.05) is 5.32 Å². The number of fused-ring (bicyclic) bond motifs is 1. The zero-order chi connectivity index (χ0) is 22.3. The van der Waals surface area contributed by atoms with Gasteiger partial charge in [-0.2, -0.15) is 13.2 Å². The van der Waals surface area contributed by atoms with Crippen LogP contribution < -0.4 is 5.32 Å². The Bertz CT molecular complexity index is 1280. The van der Waals surface area contributed by atoms with Crippen molar-refractivity contribution in [3.05, 3.63) is 75.5 Å². The van der Waals surface area contributed by atoms with Crippen LogP contribution >= 0.6 is 23.2 Å². The van der Waals surface area contributed by atoms with Gasteiger partial charge in [-0.05, 0) is 31.2 Å². The van der Waals surface area contributed by atoms with Gasteiger partial charge in [0.1, 0.15) is 5.52 Å². The van der Waals surface area contributed by atoms with Gasteiger partial charge in [0.15, 0.2) is 0 Å². The number of nitrogens with zero attached hydrogens (tertiary/aromatic N) is 3. The summed E-state index contributed by atoms with van der Waals surface area (Å²) in [6.07, 6.45) is -3.30. The molecule has 0 atom stereocenters. The number of alkyl halides is 3. The number of hydrogen-bond acceptors (Lipinski definition) is 3. The highest BCUT2D eigenvalue weighted by Gasteiger charge is 2.38. The van der Waals surface area contributed by atoms with Crippen LogP contribution in [0.1, 0.15) is 27.6 Å². The summed E-state index contributed by atoms with van der Waals surface area (Å²) >= 11 is 12.1. The first-order chi connectivity index (χ1) is 14.7. The third-order valence-electron chi connectivity index (χ3n) is 4.71. The van der Waals surface area contributed by atoms with Gasteiger partial charge in [-0.15, -0.1) is 0 Å². The molecule has 2 aromatic carbocycles. The van der Waals surface area contributed by atoms with Gasteiger partial charge in [0, 0.05) is 5.69 Å². The molecule has 0 fully saturated rings. The predicted molar refractivity (Wildman–Crippen MR) is 112 cm³/mol. The lowest BCUT2D eigenvalue weighted by molar-refractivity contribution is -0.146. The molecule has 6 nitrogen and oxygen atoms in total. The number of imidazole rings is 2. The highest BCUT2D eigenvalue weighted by molar-refractivity contribution is 6.40. The number of amides is 1. The number of hydrogen-bond donors (Lipinski definition) is 2. The number of H-pyrrole nitrogens is 1. The summed E-state index contributed by atoms with van der Waals surface area (Å²) in [5, 5.41) is 2.81. The van der Waals surface area contributed by atoms with Gasteiger partial charge in [-0.25, -0.2) is 9.97 Å². The van der Waals surface area contributed by atoms with Crippen molar-refractivity contribution in [2.45, 2.75) is 19.6 Å². The lowest BCUT2D eigenvalue weighted by atomic mass is 10.2. The fourth-order valence-electron chi connectivity index (χ4n) is 3.22. The minimum absolute atomic E-state index is 0.0143. The van der Waals surface area contributed by atoms with Crippen LogP contribution in [-0.4, -0.2) is 25.4 Å². The first-order valence-electron chi connectivity index (χ1n) is 8.97. The molecule has 0 spiro atoms. The van der Waals surface area contributed by atoms with E-state index in [1.807, 2.05) is 0 Å². The molecule has 160 valence electrons. The number of nitrogens with one attached hydrogen (secondary N) is 2. The third-order valence-corrected chi connectivity index (χ3v) is 5.34. The van der Waals surface area contributed by atoms with E-state index in [2.05, 4.69) is 20.3 Å². The number of aryl methyl sites for hydroxylation is 1. The first-order valence-corrected chi connectivity index (χ1v) is 9.73. The molecule has 0 saturated heterocycles. The summed E-state index contributed by atoms with van der Waals surface area (Å²) in [6.45, 7) is 1.57. The molecule has 0 aliphatic rings. The molecule has 0 unspecified atom stereocenters. The Kier molecular flexibility index (Phi) is 5.40. The monoisotopic (exact) mass is 467 g/mol. The maximum atomic E-state index is 13.7. The lowest BCUT2D eigenvalue weighted by Crippen LogP contribution is -2.16. The number of aromatic nitrogens is 4. The van der Waals surface area contributed by atoms with Crippen molar-refractivity contribution in [1.29, 1.82) is 0 Å². The molecule has 2 N–H and O–H groups in total. The van der Waals surface area contributed by atoms with E-state index >= 15 is 0 Å². The van der Waals surface area contributed by atoms with Crippen LogP contribution in [0.15, 0.2) is 42.7 Å². The van der Waals surface area contributed by atoms with Crippen LogP contribution in [0.2, 0.25) is 10.0 Å². The minimum atomic E-state index is -4.71. The maximum Gasteiger partial charge on any atom is 0.449 e. The molecule has 31 heavy (non-hydrogen) atoms. The number of rotatable bonds is 4. The maximum absolute atomic E-state index is 13.7. The molecule has 4 rings (SSSR count). The summed E-state index contributed by atoms with van der Waals surface area (Å²) in [5.74, 6) is -1.75. The Morgan fingerprint density at radius 1 is 1.16 bits per heavy atom. The van der Waals surface area contributed by atoms with E-state index in [0.717, 1.165) is 4.57 Å². The van der Waals surface area contributed by atoms with Crippen LogP contribution in [0.3, 0.4) is 0 Å². The quantitative estimate of drug-likeness (QED) is 0.404. The molecule has 0 radical (unpaired) electrons. The van der Waals surface area contributed by atoms with Crippen LogP contribution in [0.25, 0.3) is 11.0 Å². The molecule has 11 heteroatoms. The molecule has 0 aliphatic heterocycles. The number of halogens is 5. The number of carbonyl (C=O) groups excluding carboxylic acids is 1. The third kappa shape index (κ3) is 3.98. The van der Waals surface area contributed by atoms with Crippen molar-refractivity contribution >= 4 is 45.8 Å². The van der Waals surface area contributed by atoms with Crippen molar-refractivity contribution in [3.8, 4) is 0 Å². The van der Waals surface area contributed by atoms with Crippen molar-refractivity contribution in [1.82, 2.24) is 19.5 Å². The van der Waals surface area contributed by atoms with E-state index in [0.29, 0.717) is 11.4 Å². The minimum Gasteiger partial charge on any atom is -0.348 e. The molecule has 1 amide bonds. The van der Waals surface area contributed by atoms with Crippen LogP contribution in [0.5, 0.6) is 0 Å². The Morgan fingerprint density at radius 3 is 2.45 bits per heavy atom. The molecular weight excluding hydrogens is 454 g/mol. The van der Waals surface area contributed by atoms with Crippen LogP contribution in [0, 0.1) is 6.92 Å². The number of aromatic amines is 1. The second-order valence-corrected chi connectivity index (χ2v) is 7.53. The highest BCUT2D eigenvalue weighted by Crippen LogP contribution is 2.35. The van der Waals surface area contributed by atoms with Gasteiger partial charge in [0.05, 0.1) is 45.4 Å². The average Bonchev–Trinajstić information content (AvgIpc) is 3.26. The van der Waals surface area contributed by atoms with Crippen LogP contribution in [-0.2, 0) is 12.7 Å². The summed E-state index contributed by atoms with van der Waals surface area (Å²) in [5.41, 5.74) is 1.39. The number of para-hydroxylation sites is 1. The second-order valence-electron chi connectivity index (χ2n) is 6.72. The molecule has 0 saturated carbocycles. The first kappa shape index (κ1) is 21.2. The Hall–Kier alpha value is -3.04. The number of anilines is 1. The summed E-state index contributed by atoms with van der Waals surface area (Å²) in [6, 6.07) is 9.05. The van der Waals surface area contributed by atoms with Gasteiger partial charge in [-0.3, -0.25) is 4.79 Å². The molecule has 0 bridgehead atoms. The summed E-state index contributed by atoms with van der Waals surface area (Å²) in [4.78, 5) is 23.5. The Balaban J connectivity index is 1.81. The van der Waals surface area contributed by atoms with Gasteiger partial charge in [0.25, 0.3) is 5.91 Å². The largest absolute Gasteiger partial charge is 0.449 e. The number of carbonyl (C=O) groups is 1. The standard InChI is InChI=1S/C20H14Cl2F3N5O/c1-10-14(27-9-26-10)8-30-15-7-3-6-13(17(15)29-19(30)20(23,24)25)28-18(31)16-11(21)4-2-5-12(16)22/h2-7,9H,8H2,1H3,(H,26,27)(H,28,31). The zero-order valence-corrected chi connectivity index (χ0v) is 17.4. The fraction of sp³-hybridized carbons (Fsp3) is 0.150. The number of benzene rings is 2. The predicted octanol–water partition coefficient (Wildman–Crippen LogP) is 5.69. The highest BCUT2D eigenvalue weighted by atomic mass is 35.5. The van der Waals surface area contributed by atoms with Gasteiger partial charge in [0.2, 0.25) is 5.82 Å². The van der Waals surface area contributed by atoms with E-state index in [9.17, 15) is 18.0 Å². The van der Waals surface area contributed by atoms with E-state index in [-0.39, 0.29) is 38.9 Å². The molecular formula is C20H14Cl2F3N5O. The fourth-order valence-corrected chi connectivity index (χ4v) is 3.79. The SMILES string of the molecule is Cc1[nH]cnc1Cn1c(C(F)(F)F)nc2c(NC(=O)c3c(Cl)cccc3Cl)cccc21. The van der Waals surface area contributed by atoms with Crippen molar-refractivity contribution in [2.24, 2.45) is 0 Å². The van der Waals surface area contributed by atoms with Crippen LogP contribution in [0.4, 0.5) is 18.9 Å².